The van der Waals surface area contributed by atoms with Gasteiger partial charge in [0.05, 0.1) is 11.5 Å². The fourth-order valence-electron chi connectivity index (χ4n) is 9.14. The predicted molar refractivity (Wildman–Crippen MR) is 157 cm³/mol. The topological polar surface area (TPSA) is 83.8 Å². The summed E-state index contributed by atoms with van der Waals surface area (Å²) in [7, 11) is 0. The van der Waals surface area contributed by atoms with Gasteiger partial charge in [-0.2, -0.15) is 0 Å². The van der Waals surface area contributed by atoms with Crippen molar-refractivity contribution in [3.8, 4) is 0 Å². The second-order valence-electron chi connectivity index (χ2n) is 13.6. The van der Waals surface area contributed by atoms with Crippen LogP contribution in [0.25, 0.3) is 0 Å². The highest BCUT2D eigenvalue weighted by Crippen LogP contribution is 2.60. The van der Waals surface area contributed by atoms with Gasteiger partial charge in [-0.25, -0.2) is 4.79 Å². The molecule has 5 nitrogen and oxygen atoms in total. The molecule has 1 saturated carbocycles. The van der Waals surface area contributed by atoms with Crippen LogP contribution in [0.1, 0.15) is 92.9 Å². The monoisotopic (exact) mass is 548 g/mol. The molecule has 0 radical (unpaired) electrons. The lowest BCUT2D eigenvalue weighted by Crippen LogP contribution is -2.54. The first-order valence-electron chi connectivity index (χ1n) is 15.6. The van der Waals surface area contributed by atoms with E-state index in [1.807, 2.05) is 13.8 Å². The Hall–Kier alpha value is -2.40. The number of esters is 1. The lowest BCUT2D eigenvalue weighted by atomic mass is 9.51. The molecule has 0 aromatic heterocycles. The summed E-state index contributed by atoms with van der Waals surface area (Å²) in [6.07, 6.45) is 18.3. The average Bonchev–Trinajstić information content (AvgIpc) is 3.16. The summed E-state index contributed by atoms with van der Waals surface area (Å²) in [6, 6.07) is 0. The van der Waals surface area contributed by atoms with Gasteiger partial charge in [0.1, 0.15) is 11.3 Å². The third-order valence-electron chi connectivity index (χ3n) is 11.3. The minimum absolute atomic E-state index is 0.0746. The van der Waals surface area contributed by atoms with Crippen LogP contribution in [0.3, 0.4) is 0 Å². The third-order valence-corrected chi connectivity index (χ3v) is 11.3. The average molecular weight is 549 g/mol. The highest BCUT2D eigenvalue weighted by molar-refractivity contribution is 6.26. The number of hydrogen-bond acceptors (Lipinski definition) is 5. The van der Waals surface area contributed by atoms with Crippen LogP contribution in [0, 0.1) is 40.4 Å². The molecule has 1 spiro atoms. The molecule has 9 atom stereocenters. The summed E-state index contributed by atoms with van der Waals surface area (Å²) in [6.45, 7) is 12.5. The van der Waals surface area contributed by atoms with Gasteiger partial charge in [0.15, 0.2) is 5.60 Å². The number of carbonyl (C=O) groups is 2. The Morgan fingerprint density at radius 2 is 1.82 bits per heavy atom. The van der Waals surface area contributed by atoms with E-state index < -0.39 is 28.5 Å². The molecule has 9 unspecified atom stereocenters. The second kappa shape index (κ2) is 10.5. The van der Waals surface area contributed by atoms with Crippen LogP contribution in [0.4, 0.5) is 0 Å². The largest absolute Gasteiger partial charge is 0.511 e. The Kier molecular flexibility index (Phi) is 7.61. The Bertz CT molecular complexity index is 1220. The molecular weight excluding hydrogens is 500 g/mol. The molecule has 40 heavy (non-hydrogen) atoms. The van der Waals surface area contributed by atoms with Gasteiger partial charge in [-0.15, -0.1) is 0 Å². The van der Waals surface area contributed by atoms with E-state index in [4.69, 9.17) is 4.74 Å². The number of hydrogen-bond donors (Lipinski definition) is 2. The summed E-state index contributed by atoms with van der Waals surface area (Å²) < 4.78 is 6.28. The van der Waals surface area contributed by atoms with Gasteiger partial charge in [-0.1, -0.05) is 74.8 Å². The number of fused-ring (bicyclic) bond motifs is 4. The number of aliphatic hydroxyl groups is 2. The Morgan fingerprint density at radius 3 is 2.52 bits per heavy atom. The summed E-state index contributed by atoms with van der Waals surface area (Å²) in [4.78, 5) is 28.7. The number of carbonyl (C=O) groups excluding carboxylic acids is 2. The van der Waals surface area contributed by atoms with Gasteiger partial charge in [0.25, 0.3) is 0 Å². The summed E-state index contributed by atoms with van der Waals surface area (Å²) in [5.41, 5.74) is -0.868. The standard InChI is InChI=1S/C35H48O5/c1-7-11-24-20-35-31(38)28(32(39)40-35)30(37)34(8-2)25(15-16-26-27(34)17-14-22(4)29(26)36)13-10-9-12-21(3)18-33(35,6)19-23(24)5/h9-10,15-16,18-19,22,24-27,29,36-37H,7-8,11-14,17,20H2,1-6H3/b10-9+,21-18+,30-28?. The van der Waals surface area contributed by atoms with Crippen molar-refractivity contribution in [1.29, 1.82) is 0 Å². The van der Waals surface area contributed by atoms with Crippen molar-refractivity contribution in [1.82, 2.24) is 0 Å². The molecule has 2 bridgehead atoms. The fourth-order valence-corrected chi connectivity index (χ4v) is 9.14. The Balaban J connectivity index is 1.76. The van der Waals surface area contributed by atoms with E-state index in [2.05, 4.69) is 64.2 Å². The molecular formula is C35H48O5. The van der Waals surface area contributed by atoms with Gasteiger partial charge in [0.2, 0.25) is 5.78 Å². The van der Waals surface area contributed by atoms with Gasteiger partial charge >= 0.3 is 5.97 Å². The normalized spacial score (nSPS) is 45.5. The zero-order chi connectivity index (χ0) is 29.0. The summed E-state index contributed by atoms with van der Waals surface area (Å²) >= 11 is 0. The van der Waals surface area contributed by atoms with E-state index in [-0.39, 0.29) is 46.7 Å². The fraction of sp³-hybridized carbons (Fsp3) is 0.657. The van der Waals surface area contributed by atoms with E-state index in [1.165, 1.54) is 5.57 Å². The zero-order valence-corrected chi connectivity index (χ0v) is 25.2. The maximum absolute atomic E-state index is 14.8. The molecule has 4 aliphatic carbocycles. The minimum Gasteiger partial charge on any atom is -0.511 e. The summed E-state index contributed by atoms with van der Waals surface area (Å²) in [5.74, 6) is -1.20. The first-order valence-corrected chi connectivity index (χ1v) is 15.6. The maximum atomic E-state index is 14.8. The lowest BCUT2D eigenvalue weighted by Gasteiger charge is -2.54. The molecule has 5 heteroatoms. The molecule has 2 fully saturated rings. The SMILES string of the molecule is CCCC1CC23OC(=O)C(=C(O)C4(CC)C(C=CC5C(O)C(C)CCC54)C/C=C/C/C(C)=C/C2(C)C=C1C)C3=O. The Morgan fingerprint density at radius 1 is 1.07 bits per heavy atom. The molecule has 5 rings (SSSR count). The Labute approximate surface area is 240 Å². The van der Waals surface area contributed by atoms with Crippen molar-refractivity contribution < 1.29 is 24.5 Å². The molecule has 1 heterocycles. The van der Waals surface area contributed by atoms with Crippen molar-refractivity contribution in [2.45, 2.75) is 105 Å². The highest BCUT2D eigenvalue weighted by atomic mass is 16.6. The van der Waals surface area contributed by atoms with E-state index in [0.717, 1.165) is 37.7 Å². The number of ketones is 1. The third kappa shape index (κ3) is 4.13. The van der Waals surface area contributed by atoms with Crippen molar-refractivity contribution >= 4 is 11.8 Å². The maximum Gasteiger partial charge on any atom is 0.346 e. The first-order chi connectivity index (χ1) is 19.0. The van der Waals surface area contributed by atoms with Gasteiger partial charge in [0, 0.05) is 17.8 Å². The lowest BCUT2D eigenvalue weighted by molar-refractivity contribution is -0.162. The second-order valence-corrected chi connectivity index (χ2v) is 13.6. The molecule has 0 amide bonds. The molecule has 5 aliphatic rings. The molecule has 0 aromatic carbocycles. The van der Waals surface area contributed by atoms with E-state index >= 15 is 0 Å². The molecule has 1 saturated heterocycles. The van der Waals surface area contributed by atoms with Crippen LogP contribution in [0.5, 0.6) is 0 Å². The highest BCUT2D eigenvalue weighted by Gasteiger charge is 2.66. The van der Waals surface area contributed by atoms with Crippen LogP contribution in [-0.2, 0) is 14.3 Å². The molecule has 0 aromatic rings. The van der Waals surface area contributed by atoms with Crippen molar-refractivity contribution in [3.63, 3.8) is 0 Å². The number of rotatable bonds is 3. The van der Waals surface area contributed by atoms with E-state index in [0.29, 0.717) is 19.3 Å². The van der Waals surface area contributed by atoms with Gasteiger partial charge in [-0.3, -0.25) is 4.79 Å². The van der Waals surface area contributed by atoms with Crippen LogP contribution in [0.15, 0.2) is 58.9 Å². The van der Waals surface area contributed by atoms with Crippen LogP contribution in [-0.4, -0.2) is 33.7 Å². The smallest absolute Gasteiger partial charge is 0.346 e. The van der Waals surface area contributed by atoms with Crippen molar-refractivity contribution in [2.24, 2.45) is 40.4 Å². The van der Waals surface area contributed by atoms with Crippen LogP contribution in [0.2, 0.25) is 0 Å². The van der Waals surface area contributed by atoms with E-state index in [1.54, 1.807) is 0 Å². The predicted octanol–water partition coefficient (Wildman–Crippen LogP) is 7.34. The van der Waals surface area contributed by atoms with Crippen molar-refractivity contribution in [2.75, 3.05) is 0 Å². The first kappa shape index (κ1) is 29.1. The number of ether oxygens (including phenoxy) is 1. The number of allylic oxidation sites excluding steroid dienone is 6. The molecule has 218 valence electrons. The van der Waals surface area contributed by atoms with E-state index in [9.17, 15) is 19.8 Å². The quantitative estimate of drug-likeness (QED) is 0.219. The van der Waals surface area contributed by atoms with Gasteiger partial charge in [-0.05, 0) is 83.0 Å². The number of aliphatic hydroxyl groups excluding tert-OH is 2. The van der Waals surface area contributed by atoms with Gasteiger partial charge < -0.3 is 14.9 Å². The van der Waals surface area contributed by atoms with Crippen LogP contribution >= 0.6 is 0 Å². The summed E-state index contributed by atoms with van der Waals surface area (Å²) in [5, 5.41) is 23.6. The minimum atomic E-state index is -1.39. The van der Waals surface area contributed by atoms with Crippen molar-refractivity contribution in [3.05, 3.63) is 58.9 Å². The number of Topliss-reactive ketones (excluding diaryl/α,β-unsaturated/α-hetero) is 1. The molecule has 1 aliphatic heterocycles. The zero-order valence-electron chi connectivity index (χ0n) is 25.2. The molecule has 2 N–H and O–H groups in total. The van der Waals surface area contributed by atoms with Crippen LogP contribution < -0.4 is 0 Å².